The maximum absolute atomic E-state index is 13.4. The van der Waals surface area contributed by atoms with E-state index in [2.05, 4.69) is 5.32 Å². The topological polar surface area (TPSA) is 38.3 Å². The lowest BCUT2D eigenvalue weighted by Crippen LogP contribution is -2.14. The molecular weight excluding hydrogens is 257 g/mol. The quantitative estimate of drug-likeness (QED) is 0.910. The fourth-order valence-electron chi connectivity index (χ4n) is 1.86. The van der Waals surface area contributed by atoms with Crippen LogP contribution in [0.4, 0.5) is 14.9 Å². The van der Waals surface area contributed by atoms with E-state index in [1.807, 2.05) is 32.0 Å². The van der Waals surface area contributed by atoms with Crippen LogP contribution in [0.5, 0.6) is 0 Å². The van der Waals surface area contributed by atoms with Gasteiger partial charge in [0, 0.05) is 11.3 Å². The minimum absolute atomic E-state index is 0.0938. The predicted molar refractivity (Wildman–Crippen MR) is 76.1 cm³/mol. The van der Waals surface area contributed by atoms with Crippen LogP contribution in [0, 0.1) is 19.7 Å². The number of aryl methyl sites for hydroxylation is 2. The van der Waals surface area contributed by atoms with Gasteiger partial charge in [-0.15, -0.1) is 0 Å². The molecule has 20 heavy (non-hydrogen) atoms. The summed E-state index contributed by atoms with van der Waals surface area (Å²) < 4.78 is 18.4. The van der Waals surface area contributed by atoms with Crippen LogP contribution in [0.15, 0.2) is 42.5 Å². The molecule has 4 heteroatoms. The zero-order valence-electron chi connectivity index (χ0n) is 11.4. The molecule has 1 N–H and O–H groups in total. The summed E-state index contributed by atoms with van der Waals surface area (Å²) in [5.74, 6) is -0.383. The van der Waals surface area contributed by atoms with Gasteiger partial charge in [-0.2, -0.15) is 0 Å². The summed E-state index contributed by atoms with van der Waals surface area (Å²) in [7, 11) is 0. The normalized spacial score (nSPS) is 10.2. The average molecular weight is 273 g/mol. The summed E-state index contributed by atoms with van der Waals surface area (Å²) >= 11 is 0. The van der Waals surface area contributed by atoms with Crippen molar-refractivity contribution in [2.45, 2.75) is 20.5 Å². The summed E-state index contributed by atoms with van der Waals surface area (Å²) in [5.41, 5.74) is 3.11. The third kappa shape index (κ3) is 3.57. The Morgan fingerprint density at radius 2 is 1.95 bits per heavy atom. The van der Waals surface area contributed by atoms with Gasteiger partial charge in [-0.3, -0.25) is 5.32 Å². The van der Waals surface area contributed by atoms with Gasteiger partial charge >= 0.3 is 6.09 Å². The first-order chi connectivity index (χ1) is 9.56. The number of ether oxygens (including phenoxy) is 1. The number of nitrogens with one attached hydrogen (secondary N) is 1. The number of benzene rings is 2. The van der Waals surface area contributed by atoms with Gasteiger partial charge in [0.25, 0.3) is 0 Å². The Kier molecular flexibility index (Phi) is 4.35. The lowest BCUT2D eigenvalue weighted by molar-refractivity contribution is 0.153. The van der Waals surface area contributed by atoms with E-state index < -0.39 is 6.09 Å². The smallest absolute Gasteiger partial charge is 0.411 e. The van der Waals surface area contributed by atoms with Crippen LogP contribution < -0.4 is 5.32 Å². The molecule has 0 aliphatic carbocycles. The van der Waals surface area contributed by atoms with Crippen LogP contribution in [0.1, 0.15) is 16.7 Å². The molecule has 0 saturated carbocycles. The second-order valence-corrected chi connectivity index (χ2v) is 4.61. The Hall–Kier alpha value is -2.36. The van der Waals surface area contributed by atoms with Crippen LogP contribution in [0.3, 0.4) is 0 Å². The zero-order valence-corrected chi connectivity index (χ0v) is 11.4. The molecule has 3 nitrogen and oxygen atoms in total. The second kappa shape index (κ2) is 6.19. The van der Waals surface area contributed by atoms with Gasteiger partial charge < -0.3 is 4.74 Å². The SMILES string of the molecule is Cc1ccc(NC(=O)OCc2ccccc2F)c(C)c1. The maximum atomic E-state index is 13.4. The van der Waals surface area contributed by atoms with Gasteiger partial charge in [0.1, 0.15) is 12.4 Å². The number of carbonyl (C=O) groups is 1. The molecule has 1 amide bonds. The number of carbonyl (C=O) groups excluding carboxylic acids is 1. The molecule has 0 atom stereocenters. The summed E-state index contributed by atoms with van der Waals surface area (Å²) in [5, 5.41) is 2.64. The van der Waals surface area contributed by atoms with E-state index in [1.54, 1.807) is 18.2 Å². The van der Waals surface area contributed by atoms with Gasteiger partial charge in [-0.1, -0.05) is 35.9 Å². The van der Waals surface area contributed by atoms with E-state index in [9.17, 15) is 9.18 Å². The largest absolute Gasteiger partial charge is 0.444 e. The average Bonchev–Trinajstić information content (AvgIpc) is 2.41. The molecule has 0 spiro atoms. The van der Waals surface area contributed by atoms with E-state index in [1.165, 1.54) is 6.07 Å². The Morgan fingerprint density at radius 1 is 1.20 bits per heavy atom. The third-order valence-corrected chi connectivity index (χ3v) is 2.94. The van der Waals surface area contributed by atoms with Crippen molar-refractivity contribution in [1.29, 1.82) is 0 Å². The first-order valence-corrected chi connectivity index (χ1v) is 6.30. The number of hydrogen-bond acceptors (Lipinski definition) is 2. The van der Waals surface area contributed by atoms with E-state index in [0.717, 1.165) is 11.1 Å². The lowest BCUT2D eigenvalue weighted by atomic mass is 10.1. The highest BCUT2D eigenvalue weighted by atomic mass is 19.1. The monoisotopic (exact) mass is 273 g/mol. The van der Waals surface area contributed by atoms with Crippen molar-refractivity contribution in [3.63, 3.8) is 0 Å². The van der Waals surface area contributed by atoms with Crippen LogP contribution in [0.2, 0.25) is 0 Å². The third-order valence-electron chi connectivity index (χ3n) is 2.94. The molecule has 0 fully saturated rings. The zero-order chi connectivity index (χ0) is 14.5. The Balaban J connectivity index is 1.94. The number of anilines is 1. The molecule has 2 rings (SSSR count). The van der Waals surface area contributed by atoms with E-state index >= 15 is 0 Å². The molecule has 0 aliphatic rings. The molecule has 0 heterocycles. The molecule has 104 valence electrons. The summed E-state index contributed by atoms with van der Waals surface area (Å²) in [6.07, 6.45) is -0.597. The van der Waals surface area contributed by atoms with Crippen molar-refractivity contribution in [2.24, 2.45) is 0 Å². The van der Waals surface area contributed by atoms with E-state index in [0.29, 0.717) is 11.3 Å². The fourth-order valence-corrected chi connectivity index (χ4v) is 1.86. The van der Waals surface area contributed by atoms with Crippen molar-refractivity contribution in [2.75, 3.05) is 5.32 Å². The Morgan fingerprint density at radius 3 is 2.65 bits per heavy atom. The van der Waals surface area contributed by atoms with Gasteiger partial charge in [-0.25, -0.2) is 9.18 Å². The van der Waals surface area contributed by atoms with Crippen molar-refractivity contribution in [3.8, 4) is 0 Å². The van der Waals surface area contributed by atoms with Crippen LogP contribution >= 0.6 is 0 Å². The fraction of sp³-hybridized carbons (Fsp3) is 0.188. The highest BCUT2D eigenvalue weighted by Gasteiger charge is 2.08. The highest BCUT2D eigenvalue weighted by Crippen LogP contribution is 2.16. The predicted octanol–water partition coefficient (Wildman–Crippen LogP) is 4.19. The Bertz CT molecular complexity index is 626. The van der Waals surface area contributed by atoms with Crippen molar-refractivity contribution in [1.82, 2.24) is 0 Å². The summed E-state index contributed by atoms with van der Waals surface area (Å²) in [6, 6.07) is 11.9. The van der Waals surface area contributed by atoms with Crippen molar-refractivity contribution < 1.29 is 13.9 Å². The molecule has 0 radical (unpaired) electrons. The minimum atomic E-state index is -0.597. The number of hydrogen-bond donors (Lipinski definition) is 1. The lowest BCUT2D eigenvalue weighted by Gasteiger charge is -2.10. The van der Waals surface area contributed by atoms with Gasteiger partial charge in [0.2, 0.25) is 0 Å². The molecule has 0 aromatic heterocycles. The summed E-state index contributed by atoms with van der Waals surface area (Å²) in [4.78, 5) is 11.7. The first-order valence-electron chi connectivity index (χ1n) is 6.30. The van der Waals surface area contributed by atoms with Gasteiger partial charge in [0.15, 0.2) is 0 Å². The molecule has 2 aromatic carbocycles. The molecular formula is C16H16FNO2. The highest BCUT2D eigenvalue weighted by molar-refractivity contribution is 5.85. The van der Waals surface area contributed by atoms with Gasteiger partial charge in [-0.05, 0) is 31.5 Å². The molecule has 0 saturated heterocycles. The Labute approximate surface area is 117 Å². The van der Waals surface area contributed by atoms with E-state index in [-0.39, 0.29) is 12.4 Å². The maximum Gasteiger partial charge on any atom is 0.411 e. The second-order valence-electron chi connectivity index (χ2n) is 4.61. The van der Waals surface area contributed by atoms with E-state index in [4.69, 9.17) is 4.74 Å². The number of halogens is 1. The molecule has 0 unspecified atom stereocenters. The van der Waals surface area contributed by atoms with Crippen molar-refractivity contribution >= 4 is 11.8 Å². The molecule has 0 bridgehead atoms. The first kappa shape index (κ1) is 14.1. The van der Waals surface area contributed by atoms with Crippen LogP contribution in [-0.4, -0.2) is 6.09 Å². The number of amides is 1. The summed E-state index contributed by atoms with van der Waals surface area (Å²) in [6.45, 7) is 3.79. The van der Waals surface area contributed by atoms with Crippen LogP contribution in [-0.2, 0) is 11.3 Å². The standard InChI is InChI=1S/C16H16FNO2/c1-11-7-8-15(12(2)9-11)18-16(19)20-10-13-5-3-4-6-14(13)17/h3-9H,10H2,1-2H3,(H,18,19). The molecule has 2 aromatic rings. The minimum Gasteiger partial charge on any atom is -0.444 e. The van der Waals surface area contributed by atoms with Crippen LogP contribution in [0.25, 0.3) is 0 Å². The van der Waals surface area contributed by atoms with Crippen molar-refractivity contribution in [3.05, 3.63) is 65.0 Å². The van der Waals surface area contributed by atoms with Gasteiger partial charge in [0.05, 0.1) is 0 Å². The number of rotatable bonds is 3. The molecule has 0 aliphatic heterocycles.